The number of hydrogen-bond acceptors (Lipinski definition) is 10. The normalized spacial score (nSPS) is 11.3. The van der Waals surface area contributed by atoms with Crippen LogP contribution in [0.1, 0.15) is 140 Å². The van der Waals surface area contributed by atoms with Gasteiger partial charge in [0.05, 0.1) is 12.2 Å². The van der Waals surface area contributed by atoms with E-state index in [1.165, 1.54) is 6.92 Å². The van der Waals surface area contributed by atoms with Crippen molar-refractivity contribution < 1.29 is 49.2 Å². The summed E-state index contributed by atoms with van der Waals surface area (Å²) in [6, 6.07) is 15.3. The maximum atomic E-state index is 13.4. The smallest absolute Gasteiger partial charge is 0.246 e. The highest BCUT2D eigenvalue weighted by Gasteiger charge is 2.22. The van der Waals surface area contributed by atoms with E-state index in [0.717, 1.165) is 28.8 Å². The van der Waals surface area contributed by atoms with Gasteiger partial charge in [-0.2, -0.15) is 0 Å². The average Bonchev–Trinajstić information content (AvgIpc) is 3.24. The average molecular weight is 863 g/mol. The van der Waals surface area contributed by atoms with Crippen LogP contribution in [0.15, 0.2) is 48.5 Å². The van der Waals surface area contributed by atoms with Gasteiger partial charge in [0.15, 0.2) is 0 Å². The van der Waals surface area contributed by atoms with Crippen LogP contribution in [0.5, 0.6) is 0 Å². The molecule has 0 bridgehead atoms. The monoisotopic (exact) mass is 862 g/mol. The van der Waals surface area contributed by atoms with Gasteiger partial charge in [0.2, 0.25) is 35.4 Å². The fraction of sp³-hybridized carbons (Fsp3) is 0.543. The first-order valence-electron chi connectivity index (χ1n) is 21.4. The SMILES string of the molecule is C.CC(=O)N(O)CCCCCNC(=O)CCC(=O)N(O)CCCCCNC(=O)CCC(=O)N(O)CCCCCCC(=O)CCC(=O)N1Cc2ccccc2C#Cc2ccccc21. The Balaban J connectivity index is 0.0000132. The van der Waals surface area contributed by atoms with E-state index >= 15 is 0 Å². The van der Waals surface area contributed by atoms with Gasteiger partial charge in [-0.05, 0) is 75.1 Å². The standard InChI is InChI=1S/C45H62N6O10.CH4/c1-35(52)49(59)31-14-4-11-29-46-41(54)25-28-45(58)51(61)33-15-5-12-30-47-42(55)24-27-44(57)50(60)32-13-3-2-6-19-39(53)23-26-43(56)48-34-38-18-8-7-16-36(38)21-22-37-17-9-10-20-40(37)48;/h7-10,16-18,20,59-61H,2-6,11-15,19,23-34H2,1H3,(H,46,54)(H,47,55);1H4. The molecular weight excluding hydrogens is 797 g/mol. The van der Waals surface area contributed by atoms with Crippen molar-refractivity contribution in [1.82, 2.24) is 25.8 Å². The van der Waals surface area contributed by atoms with E-state index in [2.05, 4.69) is 22.5 Å². The Morgan fingerprint density at radius 1 is 0.565 bits per heavy atom. The molecule has 1 aliphatic rings. The third kappa shape index (κ3) is 20.3. The molecule has 2 aromatic rings. The van der Waals surface area contributed by atoms with E-state index in [1.807, 2.05) is 48.5 Å². The summed E-state index contributed by atoms with van der Waals surface area (Å²) < 4.78 is 0. The molecule has 62 heavy (non-hydrogen) atoms. The highest BCUT2D eigenvalue weighted by Crippen LogP contribution is 2.26. The van der Waals surface area contributed by atoms with Gasteiger partial charge in [-0.3, -0.25) is 49.2 Å². The number of amides is 6. The van der Waals surface area contributed by atoms with Crippen molar-refractivity contribution in [2.75, 3.05) is 37.6 Å². The molecule has 5 N–H and O–H groups in total. The molecule has 340 valence electrons. The third-order valence-corrected chi connectivity index (χ3v) is 10.2. The Kier molecular flexibility index (Phi) is 25.1. The lowest BCUT2D eigenvalue weighted by Crippen LogP contribution is -2.32. The van der Waals surface area contributed by atoms with Gasteiger partial charge in [0, 0.05) is 95.7 Å². The Hall–Kier alpha value is -5.63. The quantitative estimate of drug-likeness (QED) is 0.0306. The molecule has 0 aromatic heterocycles. The molecule has 0 aliphatic carbocycles. The summed E-state index contributed by atoms with van der Waals surface area (Å²) in [5.74, 6) is 4.05. The maximum absolute atomic E-state index is 13.4. The van der Waals surface area contributed by atoms with Crippen molar-refractivity contribution in [2.24, 2.45) is 0 Å². The summed E-state index contributed by atoms with van der Waals surface area (Å²) in [6.07, 6.45) is 6.39. The summed E-state index contributed by atoms with van der Waals surface area (Å²) in [7, 11) is 0. The van der Waals surface area contributed by atoms with Crippen molar-refractivity contribution in [3.8, 4) is 11.8 Å². The molecule has 0 fully saturated rings. The summed E-state index contributed by atoms with van der Waals surface area (Å²) in [4.78, 5) is 87.3. The van der Waals surface area contributed by atoms with Crippen LogP contribution < -0.4 is 15.5 Å². The molecule has 0 saturated heterocycles. The molecule has 16 heteroatoms. The summed E-state index contributed by atoms with van der Waals surface area (Å²) >= 11 is 0. The number of carbonyl (C=O) groups excluding carboxylic acids is 7. The highest BCUT2D eigenvalue weighted by molar-refractivity contribution is 5.97. The van der Waals surface area contributed by atoms with Gasteiger partial charge in [-0.15, -0.1) is 0 Å². The number of benzene rings is 2. The number of anilines is 1. The van der Waals surface area contributed by atoms with Gasteiger partial charge < -0.3 is 15.5 Å². The molecule has 2 aromatic carbocycles. The number of nitrogens with one attached hydrogen (secondary N) is 2. The predicted octanol–water partition coefficient (Wildman–Crippen LogP) is 5.68. The number of carbonyl (C=O) groups is 7. The molecule has 0 saturated carbocycles. The third-order valence-electron chi connectivity index (χ3n) is 10.2. The molecule has 6 amide bonds. The molecular formula is C46H66N6O10. The van der Waals surface area contributed by atoms with Crippen molar-refractivity contribution in [3.63, 3.8) is 0 Å². The van der Waals surface area contributed by atoms with E-state index in [0.29, 0.717) is 99.0 Å². The van der Waals surface area contributed by atoms with Gasteiger partial charge in [0.25, 0.3) is 0 Å². The molecule has 0 unspecified atom stereocenters. The predicted molar refractivity (Wildman–Crippen MR) is 232 cm³/mol. The molecule has 16 nitrogen and oxygen atoms in total. The van der Waals surface area contributed by atoms with Crippen LogP contribution in [0, 0.1) is 11.8 Å². The number of fused-ring (bicyclic) bond motifs is 2. The van der Waals surface area contributed by atoms with Gasteiger partial charge in [-0.1, -0.05) is 62.4 Å². The number of hydroxylamine groups is 6. The van der Waals surface area contributed by atoms with Crippen LogP contribution in [0.2, 0.25) is 0 Å². The second kappa shape index (κ2) is 29.6. The Labute approximate surface area is 365 Å². The van der Waals surface area contributed by atoms with Crippen LogP contribution >= 0.6 is 0 Å². The minimum absolute atomic E-state index is 0. The Morgan fingerprint density at radius 2 is 1.05 bits per heavy atom. The Morgan fingerprint density at radius 3 is 1.63 bits per heavy atom. The van der Waals surface area contributed by atoms with E-state index in [9.17, 15) is 49.2 Å². The number of para-hydroxylation sites is 1. The van der Waals surface area contributed by atoms with Crippen LogP contribution in [0.4, 0.5) is 5.69 Å². The van der Waals surface area contributed by atoms with Gasteiger partial charge >= 0.3 is 0 Å². The first-order chi connectivity index (χ1) is 29.3. The maximum Gasteiger partial charge on any atom is 0.246 e. The molecule has 0 radical (unpaired) electrons. The van der Waals surface area contributed by atoms with Crippen LogP contribution in [-0.2, 0) is 40.1 Å². The molecule has 1 aliphatic heterocycles. The van der Waals surface area contributed by atoms with E-state index in [1.54, 1.807) is 4.90 Å². The fourth-order valence-corrected chi connectivity index (χ4v) is 6.52. The number of Topliss-reactive ketones (excluding diaryl/α,β-unsaturated/α-hetero) is 1. The van der Waals surface area contributed by atoms with Crippen molar-refractivity contribution >= 4 is 46.9 Å². The lowest BCUT2D eigenvalue weighted by atomic mass is 10.0. The van der Waals surface area contributed by atoms with E-state index < -0.39 is 17.7 Å². The topological polar surface area (TPSA) is 217 Å². The fourth-order valence-electron chi connectivity index (χ4n) is 6.52. The zero-order valence-corrected chi connectivity index (χ0v) is 35.4. The lowest BCUT2D eigenvalue weighted by molar-refractivity contribution is -0.166. The highest BCUT2D eigenvalue weighted by atomic mass is 16.5. The van der Waals surface area contributed by atoms with E-state index in [-0.39, 0.29) is 89.1 Å². The van der Waals surface area contributed by atoms with Crippen molar-refractivity contribution in [2.45, 2.75) is 130 Å². The van der Waals surface area contributed by atoms with Crippen LogP contribution in [0.3, 0.4) is 0 Å². The number of rotatable bonds is 28. The number of ketones is 1. The zero-order chi connectivity index (χ0) is 44.4. The molecule has 0 atom stereocenters. The van der Waals surface area contributed by atoms with E-state index in [4.69, 9.17) is 0 Å². The minimum Gasteiger partial charge on any atom is -0.356 e. The van der Waals surface area contributed by atoms with Crippen LogP contribution in [0.25, 0.3) is 0 Å². The summed E-state index contributed by atoms with van der Waals surface area (Å²) in [5, 5.41) is 36.7. The van der Waals surface area contributed by atoms with Crippen molar-refractivity contribution in [3.05, 3.63) is 65.2 Å². The van der Waals surface area contributed by atoms with Crippen molar-refractivity contribution in [1.29, 1.82) is 0 Å². The molecule has 0 spiro atoms. The second-order valence-electron chi connectivity index (χ2n) is 15.1. The number of nitrogens with zero attached hydrogens (tertiary/aromatic N) is 4. The first kappa shape index (κ1) is 52.5. The lowest BCUT2D eigenvalue weighted by Gasteiger charge is -2.26. The zero-order valence-electron chi connectivity index (χ0n) is 35.4. The first-order valence-corrected chi connectivity index (χ1v) is 21.4. The second-order valence-corrected chi connectivity index (χ2v) is 15.1. The molecule has 1 heterocycles. The minimum atomic E-state index is -0.568. The van der Waals surface area contributed by atoms with Gasteiger partial charge in [-0.25, -0.2) is 15.2 Å². The van der Waals surface area contributed by atoms with Gasteiger partial charge in [0.1, 0.15) is 5.78 Å². The van der Waals surface area contributed by atoms with Crippen LogP contribution in [-0.4, -0.2) is 105 Å². The molecule has 3 rings (SSSR count). The number of unbranched alkanes of at least 4 members (excludes halogenated alkanes) is 7. The number of hydrogen-bond donors (Lipinski definition) is 5. The Bertz CT molecular complexity index is 1840. The summed E-state index contributed by atoms with van der Waals surface area (Å²) in [6.45, 7) is 2.81. The summed E-state index contributed by atoms with van der Waals surface area (Å²) in [5.41, 5.74) is 3.32. The largest absolute Gasteiger partial charge is 0.356 e.